The summed E-state index contributed by atoms with van der Waals surface area (Å²) in [5.41, 5.74) is 1.84. The van der Waals surface area contributed by atoms with Gasteiger partial charge in [0.2, 0.25) is 0 Å². The molecule has 3 aromatic rings. The number of aryl methyl sites for hydroxylation is 1. The number of esters is 1. The highest BCUT2D eigenvalue weighted by Crippen LogP contribution is 2.35. The predicted molar refractivity (Wildman–Crippen MR) is 101 cm³/mol. The Morgan fingerprint density at radius 3 is 2.64 bits per heavy atom. The predicted octanol–water partition coefficient (Wildman–Crippen LogP) is 6.18. The highest BCUT2D eigenvalue weighted by Gasteiger charge is 2.20. The molecule has 3 rings (SSSR count). The van der Waals surface area contributed by atoms with Crippen molar-refractivity contribution >= 4 is 56.1 Å². The summed E-state index contributed by atoms with van der Waals surface area (Å²) in [5, 5.41) is 1.59. The number of carbonyl (C=O) groups is 1. The van der Waals surface area contributed by atoms with Gasteiger partial charge >= 0.3 is 5.97 Å². The first-order chi connectivity index (χ1) is 11.9. The van der Waals surface area contributed by atoms with Gasteiger partial charge in [0, 0.05) is 5.39 Å². The molecule has 130 valence electrons. The Hall–Kier alpha value is -1.69. The lowest BCUT2D eigenvalue weighted by molar-refractivity contribution is 0.0601. The Kier molecular flexibility index (Phi) is 5.27. The van der Waals surface area contributed by atoms with Crippen LogP contribution in [0.2, 0.25) is 10.0 Å². The Morgan fingerprint density at radius 2 is 1.96 bits per heavy atom. The zero-order valence-corrected chi connectivity index (χ0v) is 16.5. The monoisotopic (exact) mass is 442 g/mol. The van der Waals surface area contributed by atoms with E-state index in [1.54, 1.807) is 31.2 Å². The second-order valence-corrected chi connectivity index (χ2v) is 7.01. The van der Waals surface area contributed by atoms with Crippen molar-refractivity contribution in [3.05, 3.63) is 61.7 Å². The molecule has 25 heavy (non-hydrogen) atoms. The number of carbonyl (C=O) groups excluding carboxylic acids is 1. The summed E-state index contributed by atoms with van der Waals surface area (Å²) in [6.45, 7) is 2.02. The van der Waals surface area contributed by atoms with Crippen molar-refractivity contribution in [2.24, 2.45) is 0 Å². The van der Waals surface area contributed by atoms with Gasteiger partial charge in [-0.3, -0.25) is 0 Å². The first-order valence-corrected chi connectivity index (χ1v) is 8.83. The summed E-state index contributed by atoms with van der Waals surface area (Å²) in [7, 11) is 1.33. The van der Waals surface area contributed by atoms with Gasteiger partial charge in [-0.05, 0) is 52.7 Å². The van der Waals surface area contributed by atoms with Gasteiger partial charge < -0.3 is 13.9 Å². The van der Waals surface area contributed by atoms with E-state index >= 15 is 0 Å². The average molecular weight is 444 g/mol. The summed E-state index contributed by atoms with van der Waals surface area (Å²) in [6, 6.07) is 8.81. The largest absolute Gasteiger partial charge is 0.488 e. The van der Waals surface area contributed by atoms with Crippen LogP contribution in [0.4, 0.5) is 0 Å². The Balaban J connectivity index is 1.94. The fourth-order valence-electron chi connectivity index (χ4n) is 2.48. The number of benzene rings is 2. The molecule has 0 bridgehead atoms. The van der Waals surface area contributed by atoms with Crippen molar-refractivity contribution in [2.45, 2.75) is 13.5 Å². The van der Waals surface area contributed by atoms with E-state index in [0.29, 0.717) is 49.2 Å². The molecule has 4 nitrogen and oxygen atoms in total. The van der Waals surface area contributed by atoms with Gasteiger partial charge in [-0.2, -0.15) is 0 Å². The number of methoxy groups -OCH3 is 1. The van der Waals surface area contributed by atoms with Crippen LogP contribution in [0.25, 0.3) is 11.0 Å². The number of fused-ring (bicyclic) bond motifs is 1. The summed E-state index contributed by atoms with van der Waals surface area (Å²) in [6.07, 6.45) is 0. The van der Waals surface area contributed by atoms with Crippen molar-refractivity contribution in [3.8, 4) is 5.75 Å². The van der Waals surface area contributed by atoms with Crippen LogP contribution >= 0.6 is 39.1 Å². The van der Waals surface area contributed by atoms with Crippen LogP contribution in [0.5, 0.6) is 5.75 Å². The molecule has 0 saturated carbocycles. The smallest absolute Gasteiger partial charge is 0.342 e. The van der Waals surface area contributed by atoms with Crippen LogP contribution in [-0.4, -0.2) is 13.1 Å². The molecular formula is C18H13BrCl2O4. The molecule has 0 spiro atoms. The van der Waals surface area contributed by atoms with Crippen LogP contribution < -0.4 is 4.74 Å². The number of hydrogen-bond acceptors (Lipinski definition) is 4. The second kappa shape index (κ2) is 7.28. The molecule has 0 radical (unpaired) electrons. The molecule has 0 atom stereocenters. The van der Waals surface area contributed by atoms with E-state index in [1.165, 1.54) is 7.11 Å². The molecule has 2 aromatic carbocycles. The van der Waals surface area contributed by atoms with Gasteiger partial charge in [-0.15, -0.1) is 0 Å². The molecular weight excluding hydrogens is 431 g/mol. The molecule has 0 unspecified atom stereocenters. The molecule has 0 aliphatic heterocycles. The van der Waals surface area contributed by atoms with Crippen LogP contribution in [0.15, 0.2) is 39.2 Å². The van der Waals surface area contributed by atoms with Crippen LogP contribution in [-0.2, 0) is 11.3 Å². The minimum absolute atomic E-state index is 0.297. The lowest BCUT2D eigenvalue weighted by Crippen LogP contribution is -2.02. The number of hydrogen-bond donors (Lipinski definition) is 0. The Bertz CT molecular complexity index is 965. The highest BCUT2D eigenvalue weighted by molar-refractivity contribution is 9.10. The number of furan rings is 1. The topological polar surface area (TPSA) is 48.7 Å². The maximum absolute atomic E-state index is 12.0. The lowest BCUT2D eigenvalue weighted by Gasteiger charge is -2.09. The molecule has 1 aromatic heterocycles. The molecule has 7 heteroatoms. The van der Waals surface area contributed by atoms with E-state index in [9.17, 15) is 4.79 Å². The molecule has 0 fully saturated rings. The number of rotatable bonds is 4. The minimum Gasteiger partial charge on any atom is -0.488 e. The van der Waals surface area contributed by atoms with Gasteiger partial charge in [0.1, 0.15) is 29.3 Å². The summed E-state index contributed by atoms with van der Waals surface area (Å²) < 4.78 is 17.0. The Morgan fingerprint density at radius 1 is 1.20 bits per heavy atom. The second-order valence-electron chi connectivity index (χ2n) is 5.34. The normalized spacial score (nSPS) is 10.9. The standard InChI is InChI=1S/C18H13BrCl2O4/c1-9-17(18(22)23-2)11-6-16(12(19)7-15(11)25-9)24-8-10-3-4-13(20)14(21)5-10/h3-7H,8H2,1-2H3. The van der Waals surface area contributed by atoms with Gasteiger partial charge in [0.05, 0.1) is 21.6 Å². The third-order valence-corrected chi connectivity index (χ3v) is 5.05. The van der Waals surface area contributed by atoms with E-state index in [-0.39, 0.29) is 0 Å². The fourth-order valence-corrected chi connectivity index (χ4v) is 3.23. The third kappa shape index (κ3) is 3.64. The molecule has 0 N–H and O–H groups in total. The number of ether oxygens (including phenoxy) is 2. The summed E-state index contributed by atoms with van der Waals surface area (Å²) in [4.78, 5) is 12.0. The third-order valence-electron chi connectivity index (χ3n) is 3.69. The van der Waals surface area contributed by atoms with Crippen molar-refractivity contribution in [3.63, 3.8) is 0 Å². The maximum atomic E-state index is 12.0. The van der Waals surface area contributed by atoms with E-state index in [1.807, 2.05) is 6.07 Å². The zero-order chi connectivity index (χ0) is 18.1. The average Bonchev–Trinajstić information content (AvgIpc) is 2.89. The summed E-state index contributed by atoms with van der Waals surface area (Å²) in [5.74, 6) is 0.619. The summed E-state index contributed by atoms with van der Waals surface area (Å²) >= 11 is 15.4. The molecule has 1 heterocycles. The first kappa shape index (κ1) is 18.1. The van der Waals surface area contributed by atoms with Crippen molar-refractivity contribution in [1.29, 1.82) is 0 Å². The zero-order valence-electron chi connectivity index (χ0n) is 13.4. The quantitative estimate of drug-likeness (QED) is 0.452. The molecule has 0 amide bonds. The maximum Gasteiger partial charge on any atom is 0.342 e. The lowest BCUT2D eigenvalue weighted by atomic mass is 10.1. The van der Waals surface area contributed by atoms with E-state index in [4.69, 9.17) is 37.1 Å². The van der Waals surface area contributed by atoms with Gasteiger partial charge in [0.15, 0.2) is 0 Å². The first-order valence-electron chi connectivity index (χ1n) is 7.28. The van der Waals surface area contributed by atoms with Crippen molar-refractivity contribution in [2.75, 3.05) is 7.11 Å². The van der Waals surface area contributed by atoms with Crippen LogP contribution in [0.3, 0.4) is 0 Å². The number of halogens is 3. The van der Waals surface area contributed by atoms with Gasteiger partial charge in [-0.25, -0.2) is 4.79 Å². The van der Waals surface area contributed by atoms with Gasteiger partial charge in [0.25, 0.3) is 0 Å². The minimum atomic E-state index is -0.450. The SMILES string of the molecule is COC(=O)c1c(C)oc2cc(Br)c(OCc3ccc(Cl)c(Cl)c3)cc12. The van der Waals surface area contributed by atoms with E-state index in [0.717, 1.165) is 5.56 Å². The molecule has 0 saturated heterocycles. The Labute approximate surface area is 162 Å². The van der Waals surface area contributed by atoms with Crippen LogP contribution in [0.1, 0.15) is 21.7 Å². The molecule has 0 aliphatic rings. The highest BCUT2D eigenvalue weighted by atomic mass is 79.9. The fraction of sp³-hybridized carbons (Fsp3) is 0.167. The van der Waals surface area contributed by atoms with Crippen molar-refractivity contribution in [1.82, 2.24) is 0 Å². The van der Waals surface area contributed by atoms with Gasteiger partial charge in [-0.1, -0.05) is 29.3 Å². The molecule has 0 aliphatic carbocycles. The van der Waals surface area contributed by atoms with E-state index in [2.05, 4.69) is 15.9 Å². The van der Waals surface area contributed by atoms with Crippen LogP contribution in [0, 0.1) is 6.92 Å². The van der Waals surface area contributed by atoms with E-state index < -0.39 is 5.97 Å². The van der Waals surface area contributed by atoms with Crippen molar-refractivity contribution < 1.29 is 18.7 Å².